The Morgan fingerprint density at radius 3 is 2.00 bits per heavy atom. The molecule has 1 unspecified atom stereocenters. The number of halogens is 4. The van der Waals surface area contributed by atoms with Gasteiger partial charge in [0.15, 0.2) is 0 Å². The minimum atomic E-state index is -4.97. The van der Waals surface area contributed by atoms with Crippen LogP contribution in [0.3, 0.4) is 0 Å². The summed E-state index contributed by atoms with van der Waals surface area (Å²) in [6.45, 7) is 3.27. The van der Waals surface area contributed by atoms with Gasteiger partial charge in [-0.15, -0.1) is 0 Å². The van der Waals surface area contributed by atoms with Gasteiger partial charge in [-0.3, -0.25) is 5.32 Å². The highest BCUT2D eigenvalue weighted by molar-refractivity contribution is 6.30. The van der Waals surface area contributed by atoms with Crippen molar-refractivity contribution in [2.45, 2.75) is 25.6 Å². The first-order chi connectivity index (χ1) is 12.6. The fourth-order valence-corrected chi connectivity index (χ4v) is 2.45. The number of rotatable bonds is 4. The van der Waals surface area contributed by atoms with Crippen molar-refractivity contribution in [2.24, 2.45) is 0 Å². The van der Waals surface area contributed by atoms with E-state index >= 15 is 0 Å². The Labute approximate surface area is 159 Å². The molecule has 4 nitrogen and oxygen atoms in total. The SMILES string of the molecule is C/C=C(\C)OC(=O)Nc1ccc(C(O)(c2ccc(Cl)cc2)C(F)(F)F)cc1. The van der Waals surface area contributed by atoms with Crippen LogP contribution in [0, 0.1) is 0 Å². The van der Waals surface area contributed by atoms with Gasteiger partial charge in [0.2, 0.25) is 5.60 Å². The standard InChI is InChI=1S/C19H17ClF3NO3/c1-3-12(2)27-17(25)24-16-10-6-14(7-11-16)18(26,19(21,22)23)13-4-8-15(20)9-5-13/h3-11,26H,1-2H3,(H,24,25)/b12-3+. The molecule has 2 rings (SSSR count). The molecular formula is C19H17ClF3NO3. The van der Waals surface area contributed by atoms with Crippen LogP contribution in [0.4, 0.5) is 23.7 Å². The molecule has 0 radical (unpaired) electrons. The fraction of sp³-hybridized carbons (Fsp3) is 0.211. The van der Waals surface area contributed by atoms with Crippen molar-refractivity contribution in [1.82, 2.24) is 0 Å². The monoisotopic (exact) mass is 399 g/mol. The van der Waals surface area contributed by atoms with Crippen LogP contribution in [0.25, 0.3) is 0 Å². The zero-order valence-electron chi connectivity index (χ0n) is 14.5. The van der Waals surface area contributed by atoms with E-state index in [1.165, 1.54) is 24.3 Å². The Kier molecular flexibility index (Phi) is 6.18. The van der Waals surface area contributed by atoms with E-state index in [9.17, 15) is 23.1 Å². The maximum Gasteiger partial charge on any atom is 0.425 e. The predicted molar refractivity (Wildman–Crippen MR) is 96.5 cm³/mol. The Bertz CT molecular complexity index is 833. The van der Waals surface area contributed by atoms with Crippen molar-refractivity contribution in [3.8, 4) is 0 Å². The summed E-state index contributed by atoms with van der Waals surface area (Å²) in [6.07, 6.45) is -4.17. The van der Waals surface area contributed by atoms with Crippen LogP contribution in [0.5, 0.6) is 0 Å². The lowest BCUT2D eigenvalue weighted by Gasteiger charge is -2.31. The van der Waals surface area contributed by atoms with Gasteiger partial charge in [0.25, 0.3) is 0 Å². The zero-order chi connectivity index (χ0) is 20.2. The van der Waals surface area contributed by atoms with E-state index < -0.39 is 23.4 Å². The van der Waals surface area contributed by atoms with E-state index in [-0.39, 0.29) is 16.3 Å². The molecule has 0 aromatic heterocycles. The first-order valence-electron chi connectivity index (χ1n) is 7.85. The van der Waals surface area contributed by atoms with Gasteiger partial charge in [0, 0.05) is 10.7 Å². The van der Waals surface area contributed by atoms with Crippen LogP contribution >= 0.6 is 11.6 Å². The van der Waals surface area contributed by atoms with E-state index in [1.807, 2.05) is 0 Å². The number of anilines is 1. The lowest BCUT2D eigenvalue weighted by Crippen LogP contribution is -2.43. The van der Waals surface area contributed by atoms with E-state index in [4.69, 9.17) is 16.3 Å². The molecule has 1 amide bonds. The van der Waals surface area contributed by atoms with Gasteiger partial charge in [-0.2, -0.15) is 13.2 Å². The second kappa shape index (κ2) is 8.02. The highest BCUT2D eigenvalue weighted by atomic mass is 35.5. The molecule has 0 aliphatic carbocycles. The van der Waals surface area contributed by atoms with Gasteiger partial charge < -0.3 is 9.84 Å². The maximum absolute atomic E-state index is 13.7. The molecule has 0 spiro atoms. The molecule has 0 aliphatic rings. The summed E-state index contributed by atoms with van der Waals surface area (Å²) in [4.78, 5) is 11.7. The number of alkyl halides is 3. The summed E-state index contributed by atoms with van der Waals surface area (Å²) in [5.41, 5.74) is -3.78. The number of nitrogens with one attached hydrogen (secondary N) is 1. The molecular weight excluding hydrogens is 383 g/mol. The number of aliphatic hydroxyl groups is 1. The van der Waals surface area contributed by atoms with Crippen LogP contribution in [0.15, 0.2) is 60.4 Å². The summed E-state index contributed by atoms with van der Waals surface area (Å²) in [6, 6.07) is 9.41. The largest absolute Gasteiger partial charge is 0.425 e. The van der Waals surface area contributed by atoms with Crippen LogP contribution in [0.2, 0.25) is 5.02 Å². The lowest BCUT2D eigenvalue weighted by molar-refractivity contribution is -0.248. The fourth-order valence-electron chi connectivity index (χ4n) is 2.33. The molecule has 27 heavy (non-hydrogen) atoms. The van der Waals surface area contributed by atoms with Crippen molar-refractivity contribution in [1.29, 1.82) is 0 Å². The Morgan fingerprint density at radius 2 is 1.56 bits per heavy atom. The number of carbonyl (C=O) groups is 1. The molecule has 0 saturated carbocycles. The van der Waals surface area contributed by atoms with Gasteiger partial charge >= 0.3 is 12.3 Å². The average Bonchev–Trinajstić information content (AvgIpc) is 2.61. The first-order valence-corrected chi connectivity index (χ1v) is 8.23. The summed E-state index contributed by atoms with van der Waals surface area (Å²) < 4.78 is 46.0. The predicted octanol–water partition coefficient (Wildman–Crippen LogP) is 5.61. The third-order valence-corrected chi connectivity index (χ3v) is 4.13. The number of hydrogen-bond acceptors (Lipinski definition) is 3. The smallest absolute Gasteiger partial charge is 0.415 e. The zero-order valence-corrected chi connectivity index (χ0v) is 15.2. The Hall–Kier alpha value is -2.51. The summed E-state index contributed by atoms with van der Waals surface area (Å²) in [5.74, 6) is 0.373. The third-order valence-electron chi connectivity index (χ3n) is 3.88. The quantitative estimate of drug-likeness (QED) is 0.657. The molecule has 2 aromatic carbocycles. The second-order valence-electron chi connectivity index (χ2n) is 5.71. The van der Waals surface area contributed by atoms with E-state index in [2.05, 4.69) is 5.32 Å². The summed E-state index contributed by atoms with van der Waals surface area (Å²) >= 11 is 5.72. The van der Waals surface area contributed by atoms with E-state index in [0.29, 0.717) is 5.76 Å². The third kappa shape index (κ3) is 4.61. The molecule has 0 bridgehead atoms. The van der Waals surface area contributed by atoms with Crippen molar-refractivity contribution >= 4 is 23.4 Å². The van der Waals surface area contributed by atoms with Crippen LogP contribution in [0.1, 0.15) is 25.0 Å². The van der Waals surface area contributed by atoms with Crippen molar-refractivity contribution in [2.75, 3.05) is 5.32 Å². The van der Waals surface area contributed by atoms with E-state index in [0.717, 1.165) is 24.3 Å². The summed E-state index contributed by atoms with van der Waals surface area (Å²) in [5, 5.41) is 13.2. The molecule has 0 heterocycles. The first kappa shape index (κ1) is 20.8. The van der Waals surface area contributed by atoms with Crippen LogP contribution in [-0.4, -0.2) is 17.4 Å². The van der Waals surface area contributed by atoms with Crippen LogP contribution < -0.4 is 5.32 Å². The van der Waals surface area contributed by atoms with Crippen molar-refractivity contribution in [3.63, 3.8) is 0 Å². The number of ether oxygens (including phenoxy) is 1. The van der Waals surface area contributed by atoms with Gasteiger partial charge in [-0.1, -0.05) is 35.9 Å². The maximum atomic E-state index is 13.7. The number of carbonyl (C=O) groups excluding carboxylic acids is 1. The number of hydrogen-bond donors (Lipinski definition) is 2. The molecule has 1 atom stereocenters. The van der Waals surface area contributed by atoms with Gasteiger partial charge in [0.05, 0.1) is 0 Å². The van der Waals surface area contributed by atoms with Crippen molar-refractivity contribution < 1.29 is 27.8 Å². The van der Waals surface area contributed by atoms with E-state index in [1.54, 1.807) is 19.9 Å². The highest BCUT2D eigenvalue weighted by Crippen LogP contribution is 2.44. The highest BCUT2D eigenvalue weighted by Gasteiger charge is 2.56. The van der Waals surface area contributed by atoms with Crippen molar-refractivity contribution in [3.05, 3.63) is 76.5 Å². The Balaban J connectivity index is 2.33. The molecule has 0 fully saturated rings. The molecule has 8 heteroatoms. The minimum Gasteiger partial charge on any atom is -0.415 e. The molecule has 144 valence electrons. The normalized spacial score (nSPS) is 14.4. The molecule has 2 N–H and O–H groups in total. The Morgan fingerprint density at radius 1 is 1.07 bits per heavy atom. The molecule has 0 saturated heterocycles. The average molecular weight is 400 g/mol. The molecule has 2 aromatic rings. The second-order valence-corrected chi connectivity index (χ2v) is 6.14. The summed E-state index contributed by atoms with van der Waals surface area (Å²) in [7, 11) is 0. The number of benzene rings is 2. The van der Waals surface area contributed by atoms with Gasteiger partial charge in [-0.05, 0) is 55.3 Å². The topological polar surface area (TPSA) is 58.6 Å². The van der Waals surface area contributed by atoms with Gasteiger partial charge in [0.1, 0.15) is 5.76 Å². The van der Waals surface area contributed by atoms with Crippen LogP contribution in [-0.2, 0) is 10.3 Å². The van der Waals surface area contributed by atoms with Gasteiger partial charge in [-0.25, -0.2) is 4.79 Å². The molecule has 0 aliphatic heterocycles. The minimum absolute atomic E-state index is 0.216. The lowest BCUT2D eigenvalue weighted by atomic mass is 9.85. The number of amides is 1. The number of allylic oxidation sites excluding steroid dienone is 2.